The van der Waals surface area contributed by atoms with E-state index in [0.29, 0.717) is 41.4 Å². The lowest BCUT2D eigenvalue weighted by Crippen LogP contribution is -2.68. The van der Waals surface area contributed by atoms with Crippen molar-refractivity contribution in [3.8, 4) is 11.3 Å². The number of hydrogen-bond donors (Lipinski definition) is 3. The number of benzene rings is 1. The SMILES string of the molecule is CC(C)(NC(=O)[C@]12CC[C@@H](C3(C)CC3)[C@@H]1[C@H]1CC[C@@H]3[C@@]4(C)CC[C@H](OC(=O)[C@H]5C[C@@H](C(=O)O)C5(C)C)C(C)(C)[C@@H]4CC[C@@]3(C)[C@]1(C)CC2)c1ncc(-c2ccccc2)[nH]1. The van der Waals surface area contributed by atoms with Gasteiger partial charge in [0.15, 0.2) is 0 Å². The maximum Gasteiger partial charge on any atom is 0.309 e. The van der Waals surface area contributed by atoms with Crippen molar-refractivity contribution in [2.75, 3.05) is 0 Å². The first kappa shape index (κ1) is 41.2. The summed E-state index contributed by atoms with van der Waals surface area (Å²) >= 11 is 0. The van der Waals surface area contributed by atoms with Crippen molar-refractivity contribution in [3.63, 3.8) is 0 Å². The molecular weight excluding hydrogens is 735 g/mol. The van der Waals surface area contributed by atoms with Crippen LogP contribution in [0.4, 0.5) is 0 Å². The zero-order valence-electron chi connectivity index (χ0n) is 37.8. The van der Waals surface area contributed by atoms with Gasteiger partial charge in [-0.15, -0.1) is 0 Å². The molecule has 7 saturated carbocycles. The number of nitrogens with one attached hydrogen (secondary N) is 2. The van der Waals surface area contributed by atoms with E-state index in [0.717, 1.165) is 62.0 Å². The number of aliphatic carboxylic acids is 1. The first-order valence-corrected chi connectivity index (χ1v) is 23.4. The van der Waals surface area contributed by atoms with Crippen LogP contribution in [0.3, 0.4) is 0 Å². The van der Waals surface area contributed by atoms with E-state index in [2.05, 4.69) is 77.8 Å². The maximum atomic E-state index is 15.3. The monoisotopic (exact) mass is 808 g/mol. The van der Waals surface area contributed by atoms with E-state index in [1.165, 1.54) is 32.1 Å². The predicted molar refractivity (Wildman–Crippen MR) is 230 cm³/mol. The van der Waals surface area contributed by atoms with Gasteiger partial charge in [-0.25, -0.2) is 4.98 Å². The van der Waals surface area contributed by atoms with Gasteiger partial charge in [0.2, 0.25) is 5.91 Å². The lowest BCUT2D eigenvalue weighted by atomic mass is 9.32. The van der Waals surface area contributed by atoms with Gasteiger partial charge in [-0.2, -0.15) is 0 Å². The molecule has 2 aromatic rings. The molecule has 1 amide bonds. The Morgan fingerprint density at radius 2 is 1.47 bits per heavy atom. The third-order valence-corrected chi connectivity index (χ3v) is 20.5. The highest BCUT2D eigenvalue weighted by molar-refractivity contribution is 5.84. The van der Waals surface area contributed by atoms with Gasteiger partial charge in [0.05, 0.1) is 34.7 Å². The first-order chi connectivity index (χ1) is 27.6. The molecule has 3 N–H and O–H groups in total. The van der Waals surface area contributed by atoms with E-state index in [1.54, 1.807) is 0 Å². The molecule has 0 bridgehead atoms. The van der Waals surface area contributed by atoms with Crippen LogP contribution in [0.2, 0.25) is 0 Å². The number of carbonyl (C=O) groups excluding carboxylic acids is 2. The Morgan fingerprint density at radius 3 is 2.14 bits per heavy atom. The summed E-state index contributed by atoms with van der Waals surface area (Å²) in [5, 5.41) is 13.3. The summed E-state index contributed by atoms with van der Waals surface area (Å²) in [5.74, 6) is 1.66. The average Bonchev–Trinajstić information content (AvgIpc) is 3.52. The van der Waals surface area contributed by atoms with E-state index in [1.807, 2.05) is 38.2 Å². The Morgan fingerprint density at radius 1 is 0.763 bits per heavy atom. The topological polar surface area (TPSA) is 121 Å². The van der Waals surface area contributed by atoms with Crippen molar-refractivity contribution in [1.82, 2.24) is 15.3 Å². The maximum absolute atomic E-state index is 15.3. The molecule has 7 aliphatic rings. The predicted octanol–water partition coefficient (Wildman–Crippen LogP) is 11.0. The van der Waals surface area contributed by atoms with Crippen LogP contribution < -0.4 is 5.32 Å². The molecule has 1 aromatic heterocycles. The van der Waals surface area contributed by atoms with E-state index in [9.17, 15) is 14.7 Å². The molecule has 12 atom stereocenters. The van der Waals surface area contributed by atoms with Crippen LogP contribution in [-0.4, -0.2) is 39.0 Å². The van der Waals surface area contributed by atoms with Crippen LogP contribution in [0.1, 0.15) is 159 Å². The highest BCUT2D eigenvalue weighted by atomic mass is 16.5. The summed E-state index contributed by atoms with van der Waals surface area (Å²) in [6.45, 7) is 23.2. The van der Waals surface area contributed by atoms with Gasteiger partial charge in [0, 0.05) is 5.41 Å². The van der Waals surface area contributed by atoms with Crippen molar-refractivity contribution < 1.29 is 24.2 Å². The number of carbonyl (C=O) groups is 3. The second kappa shape index (κ2) is 13.2. The zero-order chi connectivity index (χ0) is 42.3. The number of imidazole rings is 1. The smallest absolute Gasteiger partial charge is 0.309 e. The fourth-order valence-electron chi connectivity index (χ4n) is 16.4. The van der Waals surface area contributed by atoms with Crippen molar-refractivity contribution in [1.29, 1.82) is 0 Å². The molecule has 0 aliphatic heterocycles. The Bertz CT molecular complexity index is 2010. The Hall–Kier alpha value is -3.16. The van der Waals surface area contributed by atoms with E-state index >= 15 is 4.79 Å². The molecule has 0 unspecified atom stereocenters. The van der Waals surface area contributed by atoms with Gasteiger partial charge in [-0.05, 0) is 160 Å². The molecule has 0 radical (unpaired) electrons. The van der Waals surface area contributed by atoms with Crippen LogP contribution in [0.5, 0.6) is 0 Å². The zero-order valence-corrected chi connectivity index (χ0v) is 37.8. The summed E-state index contributed by atoms with van der Waals surface area (Å²) in [7, 11) is 0. The normalized spacial score (nSPS) is 42.5. The van der Waals surface area contributed by atoms with Crippen molar-refractivity contribution >= 4 is 17.8 Å². The number of aromatic nitrogens is 2. The molecule has 7 fully saturated rings. The lowest BCUT2D eigenvalue weighted by Gasteiger charge is -2.73. The van der Waals surface area contributed by atoms with Crippen LogP contribution in [-0.2, 0) is 24.7 Å². The van der Waals surface area contributed by atoms with Gasteiger partial charge >= 0.3 is 11.9 Å². The van der Waals surface area contributed by atoms with Crippen molar-refractivity contribution in [2.45, 2.75) is 164 Å². The first-order valence-electron chi connectivity index (χ1n) is 23.4. The van der Waals surface area contributed by atoms with Crippen molar-refractivity contribution in [3.05, 3.63) is 42.4 Å². The van der Waals surface area contributed by atoms with E-state index in [4.69, 9.17) is 9.72 Å². The minimum absolute atomic E-state index is 0.132. The van der Waals surface area contributed by atoms with Crippen LogP contribution >= 0.6 is 0 Å². The lowest BCUT2D eigenvalue weighted by molar-refractivity contribution is -0.252. The summed E-state index contributed by atoms with van der Waals surface area (Å²) in [6, 6.07) is 10.3. The molecule has 0 saturated heterocycles. The molecule has 59 heavy (non-hydrogen) atoms. The fraction of sp³-hybridized carbons (Fsp3) is 0.765. The molecule has 1 aromatic carbocycles. The van der Waals surface area contributed by atoms with E-state index in [-0.39, 0.29) is 51.0 Å². The number of H-pyrrole nitrogens is 1. The second-order valence-electron chi connectivity index (χ2n) is 24.0. The molecule has 0 spiro atoms. The largest absolute Gasteiger partial charge is 0.481 e. The fourth-order valence-corrected chi connectivity index (χ4v) is 16.4. The van der Waals surface area contributed by atoms with Crippen LogP contribution in [0.25, 0.3) is 11.3 Å². The Kier molecular flexibility index (Phi) is 9.20. The number of amides is 1. The summed E-state index contributed by atoms with van der Waals surface area (Å²) < 4.78 is 6.47. The molecule has 9 rings (SSSR count). The standard InChI is InChI=1S/C51H73N3O5/c1-44(2)33(40(55)56)28-34(44)41(57)59-38-20-21-48(8)36(45(38,3)4)19-22-50(10)37(48)17-16-32-39-31(47(7)24-25-47)18-23-51(39,27-26-49(32,50)9)43(58)54-46(5,6)42-52-29-35(53-42)30-14-12-11-13-15-30/h11-15,29,31-34,36-39H,16-28H2,1-10H3,(H,52,53)(H,54,58)(H,55,56)/t31-,32-,33+,34-,36+,37-,38+,39-,48+,49-,50-,51+/m1/s1. The number of nitrogens with zero attached hydrogens (tertiary/aromatic N) is 1. The highest BCUT2D eigenvalue weighted by Crippen LogP contribution is 2.79. The van der Waals surface area contributed by atoms with Gasteiger partial charge < -0.3 is 20.1 Å². The molecule has 8 heteroatoms. The van der Waals surface area contributed by atoms with Gasteiger partial charge in [0.1, 0.15) is 11.9 Å². The number of rotatable bonds is 8. The Labute approximate surface area is 353 Å². The van der Waals surface area contributed by atoms with Crippen molar-refractivity contribution in [2.24, 2.45) is 79.3 Å². The van der Waals surface area contributed by atoms with Crippen LogP contribution in [0, 0.1) is 79.3 Å². The number of hydrogen-bond acceptors (Lipinski definition) is 5. The van der Waals surface area contributed by atoms with Gasteiger partial charge in [-0.1, -0.05) is 85.7 Å². The third-order valence-electron chi connectivity index (χ3n) is 20.5. The average molecular weight is 808 g/mol. The van der Waals surface area contributed by atoms with Gasteiger partial charge in [0.25, 0.3) is 0 Å². The number of aromatic amines is 1. The van der Waals surface area contributed by atoms with Gasteiger partial charge in [-0.3, -0.25) is 14.4 Å². The molecule has 8 nitrogen and oxygen atoms in total. The Balaban J connectivity index is 0.966. The minimum atomic E-state index is -0.814. The number of carboxylic acid groups (broad SMARTS) is 1. The van der Waals surface area contributed by atoms with E-state index < -0.39 is 22.8 Å². The molecule has 7 aliphatic carbocycles. The number of ether oxygens (including phenoxy) is 1. The highest BCUT2D eigenvalue weighted by Gasteiger charge is 2.74. The number of fused-ring (bicyclic) bond motifs is 7. The second-order valence-corrected chi connectivity index (χ2v) is 24.0. The summed E-state index contributed by atoms with van der Waals surface area (Å²) in [5.41, 5.74) is 1.05. The number of esters is 1. The molecule has 322 valence electrons. The molecular formula is C51H73N3O5. The summed E-state index contributed by atoms with van der Waals surface area (Å²) in [6.07, 6.45) is 15.5. The third kappa shape index (κ3) is 5.77. The summed E-state index contributed by atoms with van der Waals surface area (Å²) in [4.78, 5) is 49.2. The van der Waals surface area contributed by atoms with Crippen LogP contribution in [0.15, 0.2) is 36.5 Å². The molecule has 1 heterocycles. The number of carboxylic acids is 1. The minimum Gasteiger partial charge on any atom is -0.481 e. The quantitative estimate of drug-likeness (QED) is 0.228.